The standard InChI is InChI=1S/C29H50O/c1-19(2)9-8-10-20(3)22-12-13-23-21-11-14-25-27(4,5)26(30)16-18-29(25,7)24(21)15-17-28(22,23)6/h11,19-20,22-26,30H,8-10,12-18H2,1-7H3/t20-,22-,23+,24+,25?,26?,28-,29-/m1/s1. The van der Waals surface area contributed by atoms with Crippen molar-refractivity contribution >= 4 is 0 Å². The van der Waals surface area contributed by atoms with E-state index >= 15 is 0 Å². The summed E-state index contributed by atoms with van der Waals surface area (Å²) in [6.45, 7) is 17.3. The van der Waals surface area contributed by atoms with Crippen molar-refractivity contribution in [2.45, 2.75) is 119 Å². The van der Waals surface area contributed by atoms with Gasteiger partial charge in [0.05, 0.1) is 6.10 Å². The molecule has 4 aliphatic carbocycles. The zero-order valence-corrected chi connectivity index (χ0v) is 21.1. The van der Waals surface area contributed by atoms with E-state index in [4.69, 9.17) is 0 Å². The number of allylic oxidation sites excluding steroid dienone is 2. The third kappa shape index (κ3) is 3.45. The highest BCUT2D eigenvalue weighted by Gasteiger charge is 2.61. The van der Waals surface area contributed by atoms with Crippen molar-refractivity contribution < 1.29 is 5.11 Å². The normalized spacial score (nSPS) is 46.0. The molecular weight excluding hydrogens is 364 g/mol. The van der Waals surface area contributed by atoms with Crippen LogP contribution in [0.3, 0.4) is 0 Å². The number of rotatable bonds is 5. The lowest BCUT2D eigenvalue weighted by Crippen LogP contribution is -2.56. The summed E-state index contributed by atoms with van der Waals surface area (Å²) >= 11 is 0. The molecule has 172 valence electrons. The molecule has 0 saturated heterocycles. The molecule has 4 aliphatic rings. The highest BCUT2D eigenvalue weighted by molar-refractivity contribution is 5.28. The molecule has 0 radical (unpaired) electrons. The molecule has 0 amide bonds. The molecule has 30 heavy (non-hydrogen) atoms. The quantitative estimate of drug-likeness (QED) is 0.451. The van der Waals surface area contributed by atoms with Crippen LogP contribution in [0.4, 0.5) is 0 Å². The first-order valence-corrected chi connectivity index (χ1v) is 13.4. The molecule has 0 spiro atoms. The number of aliphatic hydroxyl groups is 1. The second-order valence-electron chi connectivity index (χ2n) is 13.5. The third-order valence-corrected chi connectivity index (χ3v) is 11.2. The Morgan fingerprint density at radius 3 is 2.27 bits per heavy atom. The van der Waals surface area contributed by atoms with Crippen LogP contribution in [0.1, 0.15) is 113 Å². The molecule has 3 saturated carbocycles. The van der Waals surface area contributed by atoms with Gasteiger partial charge in [0.2, 0.25) is 0 Å². The Morgan fingerprint density at radius 1 is 0.900 bits per heavy atom. The zero-order chi connectivity index (χ0) is 21.9. The minimum Gasteiger partial charge on any atom is -0.393 e. The van der Waals surface area contributed by atoms with E-state index in [1.165, 1.54) is 57.8 Å². The highest BCUT2D eigenvalue weighted by atomic mass is 16.3. The molecular formula is C29H50O. The molecule has 0 aromatic rings. The second-order valence-corrected chi connectivity index (χ2v) is 13.5. The SMILES string of the molecule is CC(C)CCC[C@@H](C)[C@H]1CC[C@H]2C3=CCC4C(C)(C)C(O)CC[C@]4(C)[C@H]3CC[C@]12C. The van der Waals surface area contributed by atoms with Crippen LogP contribution in [0.25, 0.3) is 0 Å². The molecule has 1 heteroatoms. The first-order valence-electron chi connectivity index (χ1n) is 13.4. The maximum atomic E-state index is 10.8. The van der Waals surface area contributed by atoms with E-state index in [1.807, 2.05) is 5.57 Å². The van der Waals surface area contributed by atoms with Gasteiger partial charge in [-0.3, -0.25) is 0 Å². The van der Waals surface area contributed by atoms with Crippen LogP contribution in [0.5, 0.6) is 0 Å². The van der Waals surface area contributed by atoms with Crippen LogP contribution in [-0.2, 0) is 0 Å². The van der Waals surface area contributed by atoms with E-state index in [9.17, 15) is 5.11 Å². The van der Waals surface area contributed by atoms with Gasteiger partial charge in [-0.25, -0.2) is 0 Å². The Hall–Kier alpha value is -0.300. The van der Waals surface area contributed by atoms with Crippen LogP contribution in [0.2, 0.25) is 0 Å². The summed E-state index contributed by atoms with van der Waals surface area (Å²) in [6.07, 6.45) is 16.0. The van der Waals surface area contributed by atoms with E-state index in [1.54, 1.807) is 0 Å². The highest BCUT2D eigenvalue weighted by Crippen LogP contribution is 2.68. The lowest BCUT2D eigenvalue weighted by atomic mass is 9.43. The Bertz CT molecular complexity index is 659. The van der Waals surface area contributed by atoms with Crippen molar-refractivity contribution in [3.05, 3.63) is 11.6 Å². The van der Waals surface area contributed by atoms with Crippen LogP contribution < -0.4 is 0 Å². The fourth-order valence-corrected chi connectivity index (χ4v) is 9.33. The van der Waals surface area contributed by atoms with Gasteiger partial charge >= 0.3 is 0 Å². The average molecular weight is 415 g/mol. The molecule has 8 atom stereocenters. The Balaban J connectivity index is 1.54. The van der Waals surface area contributed by atoms with Crippen LogP contribution in [0, 0.1) is 51.8 Å². The third-order valence-electron chi connectivity index (χ3n) is 11.2. The van der Waals surface area contributed by atoms with Gasteiger partial charge in [-0.2, -0.15) is 0 Å². The minimum atomic E-state index is -0.123. The fraction of sp³-hybridized carbons (Fsp3) is 0.931. The van der Waals surface area contributed by atoms with E-state index < -0.39 is 0 Å². The second kappa shape index (κ2) is 7.93. The topological polar surface area (TPSA) is 20.2 Å². The maximum Gasteiger partial charge on any atom is 0.0594 e. The van der Waals surface area contributed by atoms with Crippen LogP contribution in [-0.4, -0.2) is 11.2 Å². The predicted octanol–water partition coefficient (Wildman–Crippen LogP) is 8.02. The van der Waals surface area contributed by atoms with Gasteiger partial charge in [0.1, 0.15) is 0 Å². The molecule has 4 rings (SSSR count). The molecule has 3 fully saturated rings. The molecule has 0 aliphatic heterocycles. The molecule has 0 bridgehead atoms. The first-order chi connectivity index (χ1) is 14.0. The van der Waals surface area contributed by atoms with Crippen molar-refractivity contribution in [2.24, 2.45) is 51.8 Å². The van der Waals surface area contributed by atoms with Gasteiger partial charge < -0.3 is 5.11 Å². The smallest absolute Gasteiger partial charge is 0.0594 e. The maximum absolute atomic E-state index is 10.8. The molecule has 1 nitrogen and oxygen atoms in total. The van der Waals surface area contributed by atoms with E-state index in [0.717, 1.165) is 36.0 Å². The summed E-state index contributed by atoms with van der Waals surface area (Å²) in [5.41, 5.74) is 2.85. The van der Waals surface area contributed by atoms with Gasteiger partial charge in [-0.15, -0.1) is 0 Å². The molecule has 2 unspecified atom stereocenters. The average Bonchev–Trinajstić information content (AvgIpc) is 3.02. The van der Waals surface area contributed by atoms with E-state index in [2.05, 4.69) is 54.5 Å². The van der Waals surface area contributed by atoms with Gasteiger partial charge in [0, 0.05) is 0 Å². The number of hydrogen-bond acceptors (Lipinski definition) is 1. The lowest BCUT2D eigenvalue weighted by Gasteiger charge is -2.62. The van der Waals surface area contributed by atoms with Crippen molar-refractivity contribution in [1.29, 1.82) is 0 Å². The number of hydrogen-bond donors (Lipinski definition) is 1. The Labute approximate surface area is 187 Å². The largest absolute Gasteiger partial charge is 0.393 e. The summed E-state index contributed by atoms with van der Waals surface area (Å²) < 4.78 is 0. The van der Waals surface area contributed by atoms with Crippen molar-refractivity contribution in [3.63, 3.8) is 0 Å². The summed E-state index contributed by atoms with van der Waals surface area (Å²) in [5.74, 6) is 4.90. The fourth-order valence-electron chi connectivity index (χ4n) is 9.33. The van der Waals surface area contributed by atoms with E-state index in [0.29, 0.717) is 16.7 Å². The molecule has 0 heterocycles. The zero-order valence-electron chi connectivity index (χ0n) is 21.1. The predicted molar refractivity (Wildman–Crippen MR) is 128 cm³/mol. The minimum absolute atomic E-state index is 0.0545. The van der Waals surface area contributed by atoms with Gasteiger partial charge in [-0.05, 0) is 96.7 Å². The van der Waals surface area contributed by atoms with Crippen molar-refractivity contribution in [3.8, 4) is 0 Å². The summed E-state index contributed by atoms with van der Waals surface area (Å²) in [4.78, 5) is 0. The van der Waals surface area contributed by atoms with Gasteiger partial charge in [-0.1, -0.05) is 79.4 Å². The Morgan fingerprint density at radius 2 is 1.57 bits per heavy atom. The number of aliphatic hydroxyl groups excluding tert-OH is 1. The number of fused-ring (bicyclic) bond motifs is 5. The molecule has 1 N–H and O–H groups in total. The van der Waals surface area contributed by atoms with Crippen LogP contribution in [0.15, 0.2) is 11.6 Å². The summed E-state index contributed by atoms with van der Waals surface area (Å²) in [6, 6.07) is 0. The van der Waals surface area contributed by atoms with Crippen LogP contribution >= 0.6 is 0 Å². The monoisotopic (exact) mass is 414 g/mol. The lowest BCUT2D eigenvalue weighted by molar-refractivity contribution is -0.125. The first kappa shape index (κ1) is 22.9. The summed E-state index contributed by atoms with van der Waals surface area (Å²) in [7, 11) is 0. The Kier molecular flexibility index (Phi) is 6.05. The van der Waals surface area contributed by atoms with E-state index in [-0.39, 0.29) is 11.5 Å². The molecule has 0 aromatic heterocycles. The van der Waals surface area contributed by atoms with Gasteiger partial charge in [0.15, 0.2) is 0 Å². The van der Waals surface area contributed by atoms with Crippen molar-refractivity contribution in [1.82, 2.24) is 0 Å². The molecule has 0 aromatic carbocycles. The van der Waals surface area contributed by atoms with Crippen molar-refractivity contribution in [2.75, 3.05) is 0 Å². The van der Waals surface area contributed by atoms with Gasteiger partial charge in [0.25, 0.3) is 0 Å². The summed E-state index contributed by atoms with van der Waals surface area (Å²) in [5, 5.41) is 10.8.